The van der Waals surface area contributed by atoms with Gasteiger partial charge in [0.15, 0.2) is 11.4 Å². The number of hydrogen-bond acceptors (Lipinski definition) is 6. The molecular formula is C20H15N7O2. The van der Waals surface area contributed by atoms with Gasteiger partial charge in [-0.25, -0.2) is 15.0 Å². The molecule has 5 rings (SSSR count). The van der Waals surface area contributed by atoms with Crippen LogP contribution in [0.25, 0.3) is 22.1 Å². The monoisotopic (exact) mass is 385 g/mol. The fraction of sp³-hybridized carbons (Fsp3) is 0.0500. The molecule has 5 heterocycles. The zero-order chi connectivity index (χ0) is 20.0. The number of carbonyl (C=O) groups is 1. The van der Waals surface area contributed by atoms with Crippen molar-refractivity contribution in [2.75, 3.05) is 5.73 Å². The molecule has 9 heteroatoms. The van der Waals surface area contributed by atoms with Gasteiger partial charge in [-0.3, -0.25) is 9.59 Å². The molecule has 0 atom stereocenters. The molecule has 0 spiro atoms. The van der Waals surface area contributed by atoms with Crippen molar-refractivity contribution in [3.63, 3.8) is 0 Å². The number of nitrogens with zero attached hydrogens (tertiary/aromatic N) is 4. The van der Waals surface area contributed by atoms with E-state index >= 15 is 0 Å². The summed E-state index contributed by atoms with van der Waals surface area (Å²) in [6, 6.07) is 8.68. The number of rotatable bonds is 4. The minimum absolute atomic E-state index is 0.152. The number of fused-ring (bicyclic) bond motifs is 2. The number of ketones is 1. The van der Waals surface area contributed by atoms with E-state index in [-0.39, 0.29) is 23.7 Å². The maximum absolute atomic E-state index is 12.9. The maximum atomic E-state index is 12.9. The average Bonchev–Trinajstić information content (AvgIpc) is 3.34. The number of hydrogen-bond donors (Lipinski definition) is 3. The summed E-state index contributed by atoms with van der Waals surface area (Å²) in [6.07, 6.45) is 6.35. The van der Waals surface area contributed by atoms with Gasteiger partial charge in [-0.2, -0.15) is 0 Å². The van der Waals surface area contributed by atoms with Gasteiger partial charge < -0.3 is 20.3 Å². The van der Waals surface area contributed by atoms with Crippen molar-refractivity contribution in [1.29, 1.82) is 0 Å². The van der Waals surface area contributed by atoms with Crippen LogP contribution in [-0.4, -0.2) is 35.3 Å². The van der Waals surface area contributed by atoms with Crippen molar-refractivity contribution < 1.29 is 4.79 Å². The Labute approximate surface area is 163 Å². The van der Waals surface area contributed by atoms with E-state index in [2.05, 4.69) is 24.9 Å². The smallest absolute Gasteiger partial charge is 0.275 e. The first-order valence-corrected chi connectivity index (χ1v) is 8.87. The highest BCUT2D eigenvalue weighted by molar-refractivity contribution is 6.18. The molecule has 5 aromatic heterocycles. The van der Waals surface area contributed by atoms with Gasteiger partial charge in [-0.15, -0.1) is 0 Å². The topological polar surface area (TPSA) is 135 Å². The lowest BCUT2D eigenvalue weighted by Gasteiger charge is -2.05. The van der Waals surface area contributed by atoms with Crippen molar-refractivity contribution in [2.24, 2.45) is 0 Å². The second-order valence-electron chi connectivity index (χ2n) is 6.56. The van der Waals surface area contributed by atoms with Gasteiger partial charge in [0.1, 0.15) is 17.2 Å². The van der Waals surface area contributed by atoms with Crippen LogP contribution in [0.1, 0.15) is 21.7 Å². The Morgan fingerprint density at radius 3 is 2.76 bits per heavy atom. The van der Waals surface area contributed by atoms with Crippen molar-refractivity contribution in [3.05, 3.63) is 82.4 Å². The van der Waals surface area contributed by atoms with E-state index in [0.717, 1.165) is 5.52 Å². The molecule has 0 amide bonds. The summed E-state index contributed by atoms with van der Waals surface area (Å²) in [6.45, 7) is 0.253. The van der Waals surface area contributed by atoms with E-state index < -0.39 is 0 Å². The number of nitrogen functional groups attached to an aromatic ring is 1. The number of anilines is 1. The van der Waals surface area contributed by atoms with Crippen LogP contribution in [0.4, 0.5) is 5.82 Å². The average molecular weight is 385 g/mol. The Morgan fingerprint density at radius 1 is 1.10 bits per heavy atom. The summed E-state index contributed by atoms with van der Waals surface area (Å²) >= 11 is 0. The highest BCUT2D eigenvalue weighted by atomic mass is 16.1. The molecule has 0 aromatic carbocycles. The van der Waals surface area contributed by atoms with Crippen molar-refractivity contribution in [2.45, 2.75) is 6.54 Å². The number of nitrogens with one attached hydrogen (secondary N) is 2. The fourth-order valence-corrected chi connectivity index (χ4v) is 3.36. The normalized spacial score (nSPS) is 11.3. The summed E-state index contributed by atoms with van der Waals surface area (Å²) < 4.78 is 1.52. The van der Waals surface area contributed by atoms with E-state index in [1.807, 2.05) is 12.1 Å². The zero-order valence-corrected chi connectivity index (χ0v) is 15.1. The van der Waals surface area contributed by atoms with Crippen LogP contribution in [0.2, 0.25) is 0 Å². The van der Waals surface area contributed by atoms with E-state index in [1.165, 1.54) is 17.0 Å². The molecule has 4 N–H and O–H groups in total. The lowest BCUT2D eigenvalue weighted by molar-refractivity contribution is 0.104. The Hall–Kier alpha value is -4.27. The zero-order valence-electron chi connectivity index (χ0n) is 15.1. The standard InChI is InChI=1S/C20H15N7O2/c21-18-12(3-1-6-22-18)17(28)13-9-24-16-11(13)5-8-27(20(16)29)10-15-25-14-4-2-7-23-19(14)26-15/h1-9,24H,10H2,(H2,21,22)(H,23,25,26). The third-order valence-corrected chi connectivity index (χ3v) is 4.77. The summed E-state index contributed by atoms with van der Waals surface area (Å²) in [4.78, 5) is 44.4. The maximum Gasteiger partial charge on any atom is 0.275 e. The summed E-state index contributed by atoms with van der Waals surface area (Å²) in [5.74, 6) is 0.479. The van der Waals surface area contributed by atoms with E-state index in [9.17, 15) is 9.59 Å². The van der Waals surface area contributed by atoms with Gasteiger partial charge in [-0.05, 0) is 30.3 Å². The van der Waals surface area contributed by atoms with Gasteiger partial charge in [-0.1, -0.05) is 0 Å². The molecule has 0 aliphatic heterocycles. The summed E-state index contributed by atoms with van der Waals surface area (Å²) in [7, 11) is 0. The van der Waals surface area contributed by atoms with Gasteiger partial charge >= 0.3 is 0 Å². The first-order chi connectivity index (χ1) is 14.1. The molecule has 9 nitrogen and oxygen atoms in total. The third-order valence-electron chi connectivity index (χ3n) is 4.77. The van der Waals surface area contributed by atoms with Crippen LogP contribution in [-0.2, 0) is 6.54 Å². The minimum Gasteiger partial charge on any atom is -0.383 e. The molecule has 0 saturated carbocycles. The predicted octanol–water partition coefficient (Wildman–Crippen LogP) is 1.86. The van der Waals surface area contributed by atoms with Crippen LogP contribution in [0.15, 0.2) is 59.9 Å². The third kappa shape index (κ3) is 2.76. The second kappa shape index (κ2) is 6.41. The van der Waals surface area contributed by atoms with E-state index in [0.29, 0.717) is 33.5 Å². The largest absolute Gasteiger partial charge is 0.383 e. The molecule has 0 aliphatic rings. The van der Waals surface area contributed by atoms with Gasteiger partial charge in [0.25, 0.3) is 5.56 Å². The van der Waals surface area contributed by atoms with Gasteiger partial charge in [0, 0.05) is 35.7 Å². The quantitative estimate of drug-likeness (QED) is 0.404. The molecule has 142 valence electrons. The Kier molecular flexibility index (Phi) is 3.73. The van der Waals surface area contributed by atoms with Crippen LogP contribution >= 0.6 is 0 Å². The first kappa shape index (κ1) is 16.9. The Balaban J connectivity index is 1.54. The first-order valence-electron chi connectivity index (χ1n) is 8.87. The number of pyridine rings is 3. The molecule has 0 aliphatic carbocycles. The molecule has 29 heavy (non-hydrogen) atoms. The minimum atomic E-state index is -0.289. The predicted molar refractivity (Wildman–Crippen MR) is 108 cm³/mol. The van der Waals surface area contributed by atoms with E-state index in [4.69, 9.17) is 5.73 Å². The molecule has 0 fully saturated rings. The number of nitrogens with two attached hydrogens (primary N) is 1. The molecule has 0 unspecified atom stereocenters. The lowest BCUT2D eigenvalue weighted by atomic mass is 10.0. The van der Waals surface area contributed by atoms with Crippen molar-refractivity contribution in [1.82, 2.24) is 29.5 Å². The fourth-order valence-electron chi connectivity index (χ4n) is 3.36. The molecule has 5 aromatic rings. The number of imidazole rings is 1. The SMILES string of the molecule is Nc1ncccc1C(=O)c1c[nH]c2c(=O)n(Cc3nc4ncccc4[nH]3)ccc12. The Morgan fingerprint density at radius 2 is 1.93 bits per heavy atom. The molecule has 0 saturated heterocycles. The Bertz CT molecular complexity index is 1410. The summed E-state index contributed by atoms with van der Waals surface area (Å²) in [5.41, 5.74) is 7.98. The second-order valence-corrected chi connectivity index (χ2v) is 6.56. The van der Waals surface area contributed by atoms with Crippen molar-refractivity contribution >= 4 is 33.7 Å². The van der Waals surface area contributed by atoms with Gasteiger partial charge in [0.2, 0.25) is 0 Å². The molecule has 0 radical (unpaired) electrons. The van der Waals surface area contributed by atoms with Crippen LogP contribution in [0.3, 0.4) is 0 Å². The highest BCUT2D eigenvalue weighted by Crippen LogP contribution is 2.21. The lowest BCUT2D eigenvalue weighted by Crippen LogP contribution is -2.20. The molecule has 0 bridgehead atoms. The molecular weight excluding hydrogens is 370 g/mol. The van der Waals surface area contributed by atoms with Crippen LogP contribution < -0.4 is 11.3 Å². The van der Waals surface area contributed by atoms with Gasteiger partial charge in [0.05, 0.1) is 17.6 Å². The van der Waals surface area contributed by atoms with Crippen LogP contribution in [0.5, 0.6) is 0 Å². The number of H-pyrrole nitrogens is 2. The van der Waals surface area contributed by atoms with E-state index in [1.54, 1.807) is 30.6 Å². The number of carbonyl (C=O) groups excluding carboxylic acids is 1. The van der Waals surface area contributed by atoms with Crippen LogP contribution in [0, 0.1) is 0 Å². The summed E-state index contributed by atoms with van der Waals surface area (Å²) in [5, 5.41) is 0.533. The van der Waals surface area contributed by atoms with Crippen molar-refractivity contribution in [3.8, 4) is 0 Å². The highest BCUT2D eigenvalue weighted by Gasteiger charge is 2.19. The number of aromatic amines is 2. The number of aromatic nitrogens is 6.